The lowest BCUT2D eigenvalue weighted by Gasteiger charge is -2.21. The van der Waals surface area contributed by atoms with E-state index in [0.29, 0.717) is 18.2 Å². The maximum Gasteiger partial charge on any atom is 0.279 e. The lowest BCUT2D eigenvalue weighted by atomic mass is 10.2. The number of rotatable bonds is 9. The Labute approximate surface area is 234 Å². The average molecular weight is 555 g/mol. The topological polar surface area (TPSA) is 119 Å². The smallest absolute Gasteiger partial charge is 0.279 e. The van der Waals surface area contributed by atoms with E-state index in [1.165, 1.54) is 9.08 Å². The van der Waals surface area contributed by atoms with E-state index in [4.69, 9.17) is 4.74 Å². The van der Waals surface area contributed by atoms with Gasteiger partial charge in [-0.05, 0) is 54.8 Å². The maximum absolute atomic E-state index is 15.2. The first-order valence-corrected chi connectivity index (χ1v) is 13.1. The van der Waals surface area contributed by atoms with E-state index in [0.717, 1.165) is 24.2 Å². The lowest BCUT2D eigenvalue weighted by Crippen LogP contribution is -2.26. The van der Waals surface area contributed by atoms with Crippen LogP contribution in [-0.2, 0) is 6.54 Å². The van der Waals surface area contributed by atoms with Crippen LogP contribution in [0.3, 0.4) is 0 Å². The molecular formula is C29H27FN8O3. The van der Waals surface area contributed by atoms with Crippen LogP contribution >= 0.6 is 0 Å². The Kier molecular flexibility index (Phi) is 6.79. The first-order valence-electron chi connectivity index (χ1n) is 13.1. The van der Waals surface area contributed by atoms with Crippen LogP contribution in [0.5, 0.6) is 5.75 Å². The van der Waals surface area contributed by atoms with Crippen molar-refractivity contribution in [2.24, 2.45) is 0 Å². The minimum absolute atomic E-state index is 0.0183. The summed E-state index contributed by atoms with van der Waals surface area (Å²) in [5, 5.41) is 9.92. The van der Waals surface area contributed by atoms with Gasteiger partial charge in [-0.2, -0.15) is 8.91 Å². The maximum atomic E-state index is 15.2. The molecule has 2 N–H and O–H groups in total. The van der Waals surface area contributed by atoms with E-state index in [1.54, 1.807) is 55.9 Å². The number of fused-ring (bicyclic) bond motifs is 1. The second-order valence-electron chi connectivity index (χ2n) is 9.76. The molecule has 208 valence electrons. The van der Waals surface area contributed by atoms with Gasteiger partial charge in [-0.15, -0.1) is 5.10 Å². The third-order valence-electron chi connectivity index (χ3n) is 6.74. The predicted octanol–water partition coefficient (Wildman–Crippen LogP) is 3.70. The Morgan fingerprint density at radius 2 is 1.95 bits per heavy atom. The van der Waals surface area contributed by atoms with Crippen LogP contribution in [0.2, 0.25) is 0 Å². The van der Waals surface area contributed by atoms with Crippen LogP contribution in [0, 0.1) is 5.95 Å². The third kappa shape index (κ3) is 5.31. The van der Waals surface area contributed by atoms with Crippen LogP contribution in [0.25, 0.3) is 11.5 Å². The zero-order valence-corrected chi connectivity index (χ0v) is 22.4. The molecule has 4 heterocycles. The highest BCUT2D eigenvalue weighted by atomic mass is 19.1. The van der Waals surface area contributed by atoms with Gasteiger partial charge in [0.15, 0.2) is 5.65 Å². The van der Waals surface area contributed by atoms with Gasteiger partial charge in [-0.3, -0.25) is 14.2 Å². The number of carbonyl (C=O) groups excluding carboxylic acids is 1. The van der Waals surface area contributed by atoms with Crippen molar-refractivity contribution in [1.82, 2.24) is 29.5 Å². The molecule has 0 unspecified atom stereocenters. The first kappa shape index (κ1) is 26.0. The van der Waals surface area contributed by atoms with Crippen LogP contribution in [-0.4, -0.2) is 50.3 Å². The molecule has 1 fully saturated rings. The number of amides is 1. The van der Waals surface area contributed by atoms with Crippen molar-refractivity contribution in [2.75, 3.05) is 24.4 Å². The van der Waals surface area contributed by atoms with Crippen LogP contribution in [0.4, 0.5) is 21.7 Å². The monoisotopic (exact) mass is 554 g/mol. The molecule has 1 saturated carbocycles. The Morgan fingerprint density at radius 1 is 1.15 bits per heavy atom. The summed E-state index contributed by atoms with van der Waals surface area (Å²) in [6.07, 6.45) is 4.91. The molecule has 0 spiro atoms. The highest BCUT2D eigenvalue weighted by Gasteiger charge is 2.29. The molecule has 1 amide bonds. The molecule has 5 aromatic rings. The first-order chi connectivity index (χ1) is 19.9. The second kappa shape index (κ2) is 10.7. The van der Waals surface area contributed by atoms with Gasteiger partial charge in [0.25, 0.3) is 11.5 Å². The Balaban J connectivity index is 1.42. The molecule has 1 aromatic carbocycles. The highest BCUT2D eigenvalue weighted by Crippen LogP contribution is 2.27. The zero-order chi connectivity index (χ0) is 28.5. The second-order valence-corrected chi connectivity index (χ2v) is 9.76. The molecule has 1 aliphatic rings. The van der Waals surface area contributed by atoms with E-state index < -0.39 is 11.9 Å². The number of methoxy groups -OCH3 is 1. The van der Waals surface area contributed by atoms with Gasteiger partial charge >= 0.3 is 0 Å². The van der Waals surface area contributed by atoms with Crippen LogP contribution < -0.4 is 25.8 Å². The number of nitrogens with zero attached hydrogens (tertiary/aromatic N) is 6. The Hall–Kier alpha value is -5.26. The molecule has 1 aliphatic carbocycles. The fraction of sp³-hybridized carbons (Fsp3) is 0.207. The van der Waals surface area contributed by atoms with Crippen molar-refractivity contribution in [2.45, 2.75) is 25.4 Å². The molecule has 41 heavy (non-hydrogen) atoms. The molecule has 0 aliphatic heterocycles. The van der Waals surface area contributed by atoms with Crippen molar-refractivity contribution in [3.05, 3.63) is 100 Å². The van der Waals surface area contributed by atoms with E-state index in [9.17, 15) is 9.59 Å². The Morgan fingerprint density at radius 3 is 2.66 bits per heavy atom. The molecule has 0 radical (unpaired) electrons. The van der Waals surface area contributed by atoms with Gasteiger partial charge < -0.3 is 20.3 Å². The van der Waals surface area contributed by atoms with Crippen LogP contribution in [0.1, 0.15) is 28.8 Å². The molecule has 0 bridgehead atoms. The van der Waals surface area contributed by atoms with Crippen molar-refractivity contribution in [3.63, 3.8) is 0 Å². The van der Waals surface area contributed by atoms with Gasteiger partial charge in [-0.25, -0.2) is 9.97 Å². The lowest BCUT2D eigenvalue weighted by molar-refractivity contribution is 0.0948. The van der Waals surface area contributed by atoms with Crippen molar-refractivity contribution in [3.8, 4) is 11.6 Å². The minimum atomic E-state index is -0.927. The minimum Gasteiger partial charge on any atom is -0.497 e. The molecule has 11 nitrogen and oxygen atoms in total. The molecule has 0 saturated heterocycles. The summed E-state index contributed by atoms with van der Waals surface area (Å²) in [6, 6.07) is 17.8. The van der Waals surface area contributed by atoms with Gasteiger partial charge in [-0.1, -0.05) is 18.2 Å². The summed E-state index contributed by atoms with van der Waals surface area (Å²) in [7, 11) is 3.42. The normalized spacial score (nSPS) is 12.8. The average Bonchev–Trinajstić information content (AvgIpc) is 3.73. The summed E-state index contributed by atoms with van der Waals surface area (Å²) < 4.78 is 23.2. The van der Waals surface area contributed by atoms with Crippen LogP contribution in [0.15, 0.2) is 77.9 Å². The zero-order valence-electron chi connectivity index (χ0n) is 22.4. The number of aromatic nitrogens is 5. The number of pyridine rings is 2. The number of carbonyl (C=O) groups is 1. The Bertz CT molecular complexity index is 1780. The van der Waals surface area contributed by atoms with Gasteiger partial charge in [0.05, 0.1) is 7.11 Å². The van der Waals surface area contributed by atoms with Crippen molar-refractivity contribution in [1.29, 1.82) is 0 Å². The molecule has 6 rings (SSSR count). The largest absolute Gasteiger partial charge is 0.497 e. The quantitative estimate of drug-likeness (QED) is 0.283. The van der Waals surface area contributed by atoms with E-state index in [2.05, 4.69) is 25.7 Å². The number of anilines is 3. The molecule has 12 heteroatoms. The summed E-state index contributed by atoms with van der Waals surface area (Å²) >= 11 is 0. The summed E-state index contributed by atoms with van der Waals surface area (Å²) in [5.41, 5.74) is 0.616. The molecular weight excluding hydrogens is 527 g/mol. The third-order valence-corrected chi connectivity index (χ3v) is 6.74. The number of benzene rings is 1. The number of hydrogen-bond donors (Lipinski definition) is 2. The predicted molar refractivity (Wildman–Crippen MR) is 152 cm³/mol. The summed E-state index contributed by atoms with van der Waals surface area (Å²) in [5.74, 6) is 0.383. The summed E-state index contributed by atoms with van der Waals surface area (Å²) in [6.45, 7) is 0.436. The SMILES string of the molecule is COc1ccc(CN(C)c2cc(Nc3cccn(-c4ccccn4)c3=O)nc3c(C(=O)NC4CC4)c(F)nn23)cc1. The van der Waals surface area contributed by atoms with E-state index in [-0.39, 0.29) is 34.3 Å². The van der Waals surface area contributed by atoms with Crippen molar-refractivity contribution < 1.29 is 13.9 Å². The van der Waals surface area contributed by atoms with E-state index >= 15 is 4.39 Å². The number of nitrogens with one attached hydrogen (secondary N) is 2. The molecule has 4 aromatic heterocycles. The van der Waals surface area contributed by atoms with Gasteiger partial charge in [0.2, 0.25) is 5.95 Å². The van der Waals surface area contributed by atoms with Crippen molar-refractivity contribution >= 4 is 28.9 Å². The van der Waals surface area contributed by atoms with Gasteiger partial charge in [0.1, 0.15) is 34.5 Å². The fourth-order valence-electron chi connectivity index (χ4n) is 4.48. The van der Waals surface area contributed by atoms with E-state index in [1.807, 2.05) is 36.2 Å². The van der Waals surface area contributed by atoms with Gasteiger partial charge in [0, 0.05) is 38.1 Å². The fourth-order valence-corrected chi connectivity index (χ4v) is 4.48. The number of hydrogen-bond acceptors (Lipinski definition) is 8. The number of ether oxygens (including phenoxy) is 1. The standard InChI is InChI=1S/C29H27FN8O3/c1-36(17-18-8-12-20(41-2)13-9-18)24-16-22(33-21-6-5-15-37(29(21)40)23-7-3-4-14-31-23)34-27-25(26(30)35-38(24)27)28(39)32-19-10-11-19/h3-9,12-16,19H,10-11,17H2,1-2H3,(H,32,39)(H,33,34). The highest BCUT2D eigenvalue weighted by molar-refractivity contribution is 6.00. The summed E-state index contributed by atoms with van der Waals surface area (Å²) in [4.78, 5) is 37.0. The molecule has 0 atom stereocenters. The number of halogens is 1.